The van der Waals surface area contributed by atoms with Crippen molar-refractivity contribution in [2.24, 2.45) is 0 Å². The number of carbonyl (C=O) groups excluding carboxylic acids is 4. The first kappa shape index (κ1) is 32.9. The summed E-state index contributed by atoms with van der Waals surface area (Å²) in [4.78, 5) is 53.7. The van der Waals surface area contributed by atoms with Crippen LogP contribution in [0.3, 0.4) is 0 Å². The van der Waals surface area contributed by atoms with E-state index in [0.717, 1.165) is 11.6 Å². The summed E-state index contributed by atoms with van der Waals surface area (Å²) in [6, 6.07) is 15.0. The maximum Gasteiger partial charge on any atom is 0.342 e. The first-order valence-corrected chi connectivity index (χ1v) is 12.6. The molecule has 0 aliphatic carbocycles. The molecule has 0 radical (unpaired) electrons. The lowest BCUT2D eigenvalue weighted by Gasteiger charge is -2.27. The molecule has 0 fully saturated rings. The van der Waals surface area contributed by atoms with Gasteiger partial charge >= 0.3 is 18.0 Å². The zero-order valence-electron chi connectivity index (χ0n) is 23.9. The fraction of sp³-hybridized carbons (Fsp3) is 0.241. The maximum atomic E-state index is 14.5. The number of benzene rings is 3. The third-order valence-corrected chi connectivity index (χ3v) is 5.74. The number of hydrogen-bond acceptors (Lipinski definition) is 8. The van der Waals surface area contributed by atoms with Crippen molar-refractivity contribution in [1.82, 2.24) is 10.2 Å². The predicted octanol–water partition coefficient (Wildman–Crippen LogP) is 5.65. The molecule has 12 nitrogen and oxygen atoms in total. The average Bonchev–Trinajstić information content (AvgIpc) is 2.97. The van der Waals surface area contributed by atoms with Gasteiger partial charge < -0.3 is 19.7 Å². The summed E-state index contributed by atoms with van der Waals surface area (Å²) >= 11 is 0. The smallest absolute Gasteiger partial charge is 0.342 e. The van der Waals surface area contributed by atoms with E-state index in [2.05, 4.69) is 10.6 Å². The van der Waals surface area contributed by atoms with Crippen molar-refractivity contribution in [3.8, 4) is 5.75 Å². The van der Waals surface area contributed by atoms with Gasteiger partial charge in [0.1, 0.15) is 23.7 Å². The molecule has 3 aromatic carbocycles. The molecule has 4 N–H and O–H groups in total. The second-order valence-corrected chi connectivity index (χ2v) is 9.16. The predicted molar refractivity (Wildman–Crippen MR) is 154 cm³/mol. The van der Waals surface area contributed by atoms with E-state index in [4.69, 9.17) is 20.5 Å². The van der Waals surface area contributed by atoms with Crippen molar-refractivity contribution in [2.75, 3.05) is 31.4 Å². The molecular weight excluding hydrogens is 547 g/mol. The average molecular weight is 581 g/mol. The van der Waals surface area contributed by atoms with Gasteiger partial charge in [0.25, 0.3) is 5.91 Å². The quantitative estimate of drug-likeness (QED) is 0.199. The monoisotopic (exact) mass is 580 g/mol. The fourth-order valence-electron chi connectivity index (χ4n) is 3.83. The third kappa shape index (κ3) is 8.34. The van der Waals surface area contributed by atoms with Gasteiger partial charge in [-0.05, 0) is 49.7 Å². The van der Waals surface area contributed by atoms with Crippen molar-refractivity contribution in [3.05, 3.63) is 89.2 Å². The van der Waals surface area contributed by atoms with E-state index in [0.29, 0.717) is 0 Å². The number of nitrogens with zero attached hydrogens (tertiary/aromatic N) is 2. The first-order chi connectivity index (χ1) is 20.0. The van der Waals surface area contributed by atoms with Gasteiger partial charge in [-0.3, -0.25) is 15.0 Å². The number of carbonyl (C=O) groups is 4. The summed E-state index contributed by atoms with van der Waals surface area (Å²) in [6.07, 6.45) is 0. The van der Waals surface area contributed by atoms with Crippen molar-refractivity contribution in [2.45, 2.75) is 26.5 Å². The number of halogens is 1. The number of esters is 1. The van der Waals surface area contributed by atoms with Crippen LogP contribution in [0.4, 0.5) is 25.4 Å². The van der Waals surface area contributed by atoms with E-state index in [1.807, 2.05) is 30.3 Å². The summed E-state index contributed by atoms with van der Waals surface area (Å²) in [5, 5.41) is 4.41. The molecule has 0 bridgehead atoms. The Bertz CT molecular complexity index is 1420. The minimum atomic E-state index is -1.05. The Labute approximate surface area is 242 Å². The standard InChI is InChI=1S/C29H31FN4O6.H2N2/c1-18(2)34(29(38)32-28(37)31-25-21(26(35)33(3)4)12-9-13-23(25)30)20-14-15-24(39-5)22(16-20)27(36)40-17-19-10-7-6-8-11-19;1-2/h6-16,18H,17H2,1-5H3,(H2,31,32,37,38);1-2H. The number of anilines is 2. The number of para-hydroxylation sites is 1. The van der Waals surface area contributed by atoms with Gasteiger partial charge in [0.2, 0.25) is 0 Å². The van der Waals surface area contributed by atoms with Crippen LogP contribution in [-0.2, 0) is 11.3 Å². The zero-order chi connectivity index (χ0) is 31.4. The van der Waals surface area contributed by atoms with Gasteiger partial charge in [-0.25, -0.2) is 29.8 Å². The highest BCUT2D eigenvalue weighted by atomic mass is 19.1. The lowest BCUT2D eigenvalue weighted by atomic mass is 10.1. The van der Waals surface area contributed by atoms with E-state index < -0.39 is 35.8 Å². The second-order valence-electron chi connectivity index (χ2n) is 9.16. The van der Waals surface area contributed by atoms with Crippen LogP contribution >= 0.6 is 0 Å². The number of ether oxygens (including phenoxy) is 2. The largest absolute Gasteiger partial charge is 0.496 e. The minimum Gasteiger partial charge on any atom is -0.496 e. The molecule has 0 atom stereocenters. The van der Waals surface area contributed by atoms with Crippen LogP contribution in [0.15, 0.2) is 66.7 Å². The summed E-state index contributed by atoms with van der Waals surface area (Å²) in [7, 11) is 4.38. The van der Waals surface area contributed by atoms with Crippen LogP contribution in [0.25, 0.3) is 0 Å². The highest BCUT2D eigenvalue weighted by molar-refractivity contribution is 6.09. The molecule has 0 spiro atoms. The number of imide groups is 1. The zero-order valence-corrected chi connectivity index (χ0v) is 23.9. The topological polar surface area (TPSA) is 165 Å². The minimum absolute atomic E-state index is 0.0377. The van der Waals surface area contributed by atoms with Crippen molar-refractivity contribution >= 4 is 35.3 Å². The van der Waals surface area contributed by atoms with Crippen LogP contribution in [0.2, 0.25) is 0 Å². The van der Waals surface area contributed by atoms with E-state index in [1.165, 1.54) is 55.3 Å². The molecule has 5 amide bonds. The van der Waals surface area contributed by atoms with Gasteiger partial charge in [-0.15, -0.1) is 0 Å². The number of urea groups is 2. The van der Waals surface area contributed by atoms with Crippen LogP contribution in [0.5, 0.6) is 5.75 Å². The molecule has 13 heteroatoms. The van der Waals surface area contributed by atoms with Crippen LogP contribution in [0, 0.1) is 16.9 Å². The second kappa shape index (κ2) is 15.5. The highest BCUT2D eigenvalue weighted by Crippen LogP contribution is 2.28. The first-order valence-electron chi connectivity index (χ1n) is 12.6. The third-order valence-electron chi connectivity index (χ3n) is 5.74. The molecule has 0 aliphatic heterocycles. The Hall–Kier alpha value is -5.33. The number of methoxy groups -OCH3 is 1. The van der Waals surface area contributed by atoms with Gasteiger partial charge in [-0.1, -0.05) is 36.4 Å². The number of nitrogens with one attached hydrogen (secondary N) is 4. The summed E-state index contributed by atoms with van der Waals surface area (Å²) in [6.45, 7) is 3.45. The molecule has 0 saturated heterocycles. The van der Waals surface area contributed by atoms with E-state index >= 15 is 0 Å². The molecule has 42 heavy (non-hydrogen) atoms. The van der Waals surface area contributed by atoms with Crippen LogP contribution in [0.1, 0.15) is 40.1 Å². The molecule has 0 unspecified atom stereocenters. The summed E-state index contributed by atoms with van der Waals surface area (Å²) in [5.74, 6) is -1.80. The molecule has 0 heterocycles. The van der Waals surface area contributed by atoms with E-state index in [1.54, 1.807) is 19.9 Å². The molecule has 0 saturated carbocycles. The van der Waals surface area contributed by atoms with Crippen molar-refractivity contribution < 1.29 is 33.0 Å². The highest BCUT2D eigenvalue weighted by Gasteiger charge is 2.25. The summed E-state index contributed by atoms with van der Waals surface area (Å²) in [5.41, 5.74) is 10.7. The van der Waals surface area contributed by atoms with Crippen LogP contribution in [-0.4, -0.2) is 56.1 Å². The molecular formula is C29H33FN6O6. The van der Waals surface area contributed by atoms with Crippen molar-refractivity contribution in [1.29, 1.82) is 11.1 Å². The molecule has 0 aromatic heterocycles. The number of hydrogen-bond donors (Lipinski definition) is 4. The molecule has 222 valence electrons. The fourth-order valence-corrected chi connectivity index (χ4v) is 3.83. The van der Waals surface area contributed by atoms with Gasteiger partial charge in [0.05, 0.1) is 18.4 Å². The lowest BCUT2D eigenvalue weighted by molar-refractivity contribution is 0.0469. The molecule has 3 rings (SSSR count). The normalized spacial score (nSPS) is 10.1. The Morgan fingerprint density at radius 2 is 1.60 bits per heavy atom. The molecule has 0 aliphatic rings. The van der Waals surface area contributed by atoms with E-state index in [-0.39, 0.29) is 34.9 Å². The van der Waals surface area contributed by atoms with Gasteiger partial charge in [0, 0.05) is 25.8 Å². The van der Waals surface area contributed by atoms with Crippen molar-refractivity contribution in [3.63, 3.8) is 0 Å². The lowest BCUT2D eigenvalue weighted by Crippen LogP contribution is -2.48. The number of rotatable bonds is 8. The Morgan fingerprint density at radius 1 is 0.929 bits per heavy atom. The van der Waals surface area contributed by atoms with E-state index in [9.17, 15) is 23.6 Å². The Morgan fingerprint density at radius 3 is 2.19 bits per heavy atom. The number of amides is 5. The molecule has 3 aromatic rings. The maximum absolute atomic E-state index is 14.5. The van der Waals surface area contributed by atoms with Crippen LogP contribution < -0.4 is 20.3 Å². The SMILES string of the molecule is COc1ccc(N(C(=O)NC(=O)Nc2c(F)cccc2C(=O)N(C)C)C(C)C)cc1C(=O)OCc1ccccc1.N=N. The Kier molecular flexibility index (Phi) is 12.1. The van der Waals surface area contributed by atoms with Gasteiger partial charge in [0.15, 0.2) is 0 Å². The van der Waals surface area contributed by atoms with Gasteiger partial charge in [-0.2, -0.15) is 0 Å². The summed E-state index contributed by atoms with van der Waals surface area (Å²) < 4.78 is 25.3. The Balaban J connectivity index is 0.00000301.